The minimum atomic E-state index is -0.525. The Kier molecular flexibility index (Phi) is 4.20. The number of aliphatic hydroxyl groups excluding tert-OH is 1. The van der Waals surface area contributed by atoms with Crippen molar-refractivity contribution in [3.63, 3.8) is 0 Å². The first-order valence-corrected chi connectivity index (χ1v) is 7.75. The molecule has 1 aromatic rings. The highest BCUT2D eigenvalue weighted by Gasteiger charge is 2.42. The third-order valence-electron chi connectivity index (χ3n) is 4.42. The molecule has 0 bridgehead atoms. The van der Waals surface area contributed by atoms with Gasteiger partial charge in [-0.1, -0.05) is 11.6 Å². The maximum Gasteiger partial charge on any atom is 0.125 e. The van der Waals surface area contributed by atoms with Crippen LogP contribution in [0.1, 0.15) is 43.4 Å². The van der Waals surface area contributed by atoms with E-state index in [0.717, 1.165) is 42.7 Å². The van der Waals surface area contributed by atoms with Crippen molar-refractivity contribution in [1.29, 1.82) is 0 Å². The first-order valence-electron chi connectivity index (χ1n) is 7.75. The Hall–Kier alpha value is -1.10. The average molecular weight is 292 g/mol. The third-order valence-corrected chi connectivity index (χ3v) is 4.42. The zero-order valence-corrected chi connectivity index (χ0v) is 12.8. The van der Waals surface area contributed by atoms with E-state index in [0.29, 0.717) is 13.2 Å². The highest BCUT2D eigenvalue weighted by atomic mass is 16.6. The van der Waals surface area contributed by atoms with Crippen molar-refractivity contribution in [2.75, 3.05) is 19.8 Å². The van der Waals surface area contributed by atoms with Crippen molar-refractivity contribution >= 4 is 0 Å². The summed E-state index contributed by atoms with van der Waals surface area (Å²) in [6.07, 6.45) is 2.29. The van der Waals surface area contributed by atoms with Gasteiger partial charge >= 0.3 is 0 Å². The monoisotopic (exact) mass is 292 g/mol. The smallest absolute Gasteiger partial charge is 0.125 e. The van der Waals surface area contributed by atoms with Gasteiger partial charge in [-0.05, 0) is 26.0 Å². The Balaban J connectivity index is 1.74. The van der Waals surface area contributed by atoms with Crippen molar-refractivity contribution in [1.82, 2.24) is 0 Å². The van der Waals surface area contributed by atoms with E-state index in [-0.39, 0.29) is 11.7 Å². The van der Waals surface area contributed by atoms with Gasteiger partial charge in [-0.2, -0.15) is 0 Å². The highest BCUT2D eigenvalue weighted by molar-refractivity contribution is 5.38. The van der Waals surface area contributed by atoms with E-state index >= 15 is 0 Å². The van der Waals surface area contributed by atoms with Crippen LogP contribution in [0.2, 0.25) is 0 Å². The molecule has 2 aliphatic heterocycles. The molecule has 3 atom stereocenters. The topological polar surface area (TPSA) is 47.9 Å². The summed E-state index contributed by atoms with van der Waals surface area (Å²) in [6, 6.07) is 5.98. The van der Waals surface area contributed by atoms with E-state index in [1.54, 1.807) is 6.92 Å². The Morgan fingerprint density at radius 1 is 1.38 bits per heavy atom. The fraction of sp³-hybridized carbons (Fsp3) is 0.647. The predicted octanol–water partition coefficient (Wildman–Crippen LogP) is 2.77. The fourth-order valence-corrected chi connectivity index (χ4v) is 3.23. The summed E-state index contributed by atoms with van der Waals surface area (Å²) in [4.78, 5) is 0. The van der Waals surface area contributed by atoms with Gasteiger partial charge in [0.15, 0.2) is 0 Å². The van der Waals surface area contributed by atoms with Crippen molar-refractivity contribution in [2.24, 2.45) is 0 Å². The lowest BCUT2D eigenvalue weighted by Crippen LogP contribution is -2.44. The van der Waals surface area contributed by atoms with Crippen molar-refractivity contribution in [3.05, 3.63) is 29.3 Å². The largest absolute Gasteiger partial charge is 0.490 e. The second-order valence-electron chi connectivity index (χ2n) is 6.28. The average Bonchev–Trinajstić information content (AvgIpc) is 2.88. The molecule has 3 unspecified atom stereocenters. The van der Waals surface area contributed by atoms with Crippen LogP contribution in [-0.4, -0.2) is 36.6 Å². The van der Waals surface area contributed by atoms with Gasteiger partial charge in [0.05, 0.1) is 24.9 Å². The van der Waals surface area contributed by atoms with Gasteiger partial charge in [-0.3, -0.25) is 0 Å². The lowest BCUT2D eigenvalue weighted by molar-refractivity contribution is -0.112. The van der Waals surface area contributed by atoms with Gasteiger partial charge < -0.3 is 19.3 Å². The van der Waals surface area contributed by atoms with E-state index in [1.807, 2.05) is 25.1 Å². The summed E-state index contributed by atoms with van der Waals surface area (Å²) in [7, 11) is 0. The van der Waals surface area contributed by atoms with Gasteiger partial charge in [-0.15, -0.1) is 0 Å². The van der Waals surface area contributed by atoms with Gasteiger partial charge in [-0.25, -0.2) is 0 Å². The van der Waals surface area contributed by atoms with E-state index in [4.69, 9.17) is 14.2 Å². The number of ether oxygens (including phenoxy) is 3. The Labute approximate surface area is 126 Å². The van der Waals surface area contributed by atoms with Gasteiger partial charge in [0.2, 0.25) is 0 Å². The summed E-state index contributed by atoms with van der Waals surface area (Å²) in [5, 5.41) is 9.94. The molecule has 2 saturated heterocycles. The molecule has 1 N–H and O–H groups in total. The van der Waals surface area contributed by atoms with Crippen LogP contribution in [0.4, 0.5) is 0 Å². The van der Waals surface area contributed by atoms with E-state index in [2.05, 4.69) is 0 Å². The van der Waals surface area contributed by atoms with Crippen LogP contribution >= 0.6 is 0 Å². The maximum absolute atomic E-state index is 9.94. The third kappa shape index (κ3) is 3.23. The standard InChI is InChI=1S/C17H24O4/c1-12-3-4-16(15(9-12)13(2)18)21-14-5-7-20-17(10-14)6-8-19-11-17/h3-4,9,13-14,18H,5-8,10-11H2,1-2H3. The molecular weight excluding hydrogens is 268 g/mol. The molecule has 0 radical (unpaired) electrons. The van der Waals surface area contributed by atoms with Crippen LogP contribution < -0.4 is 4.74 Å². The molecule has 0 aliphatic carbocycles. The molecule has 1 spiro atoms. The molecule has 116 valence electrons. The molecule has 2 heterocycles. The highest BCUT2D eigenvalue weighted by Crippen LogP contribution is 2.36. The predicted molar refractivity (Wildman–Crippen MR) is 79.6 cm³/mol. The summed E-state index contributed by atoms with van der Waals surface area (Å²) < 4.78 is 17.6. The molecule has 2 fully saturated rings. The Bertz CT molecular complexity index is 492. The second kappa shape index (κ2) is 5.95. The first-order chi connectivity index (χ1) is 10.1. The summed E-state index contributed by atoms with van der Waals surface area (Å²) in [5.41, 5.74) is 1.84. The number of aliphatic hydroxyl groups is 1. The minimum Gasteiger partial charge on any atom is -0.490 e. The quantitative estimate of drug-likeness (QED) is 0.930. The van der Waals surface area contributed by atoms with Crippen LogP contribution in [0.25, 0.3) is 0 Å². The molecule has 1 aromatic carbocycles. The van der Waals surface area contributed by atoms with Crippen molar-refractivity contribution in [3.8, 4) is 5.75 Å². The van der Waals surface area contributed by atoms with Crippen molar-refractivity contribution < 1.29 is 19.3 Å². The zero-order valence-electron chi connectivity index (χ0n) is 12.8. The van der Waals surface area contributed by atoms with E-state index < -0.39 is 6.10 Å². The first kappa shape index (κ1) is 14.8. The second-order valence-corrected chi connectivity index (χ2v) is 6.28. The van der Waals surface area contributed by atoms with Crippen LogP contribution in [0.15, 0.2) is 18.2 Å². The summed E-state index contributed by atoms with van der Waals surface area (Å²) in [6.45, 7) is 5.96. The maximum atomic E-state index is 9.94. The SMILES string of the molecule is Cc1ccc(OC2CCOC3(CCOC3)C2)c(C(C)O)c1. The van der Waals surface area contributed by atoms with Crippen LogP contribution in [0.3, 0.4) is 0 Å². The Morgan fingerprint density at radius 2 is 2.24 bits per heavy atom. The van der Waals surface area contributed by atoms with Gasteiger partial charge in [0.25, 0.3) is 0 Å². The summed E-state index contributed by atoms with van der Waals surface area (Å²) in [5.74, 6) is 0.788. The minimum absolute atomic E-state index is 0.126. The zero-order chi connectivity index (χ0) is 14.9. The van der Waals surface area contributed by atoms with Crippen LogP contribution in [-0.2, 0) is 9.47 Å². The molecule has 0 aromatic heterocycles. The van der Waals surface area contributed by atoms with Gasteiger partial charge in [0, 0.05) is 31.4 Å². The lowest BCUT2D eigenvalue weighted by Gasteiger charge is -2.37. The molecule has 21 heavy (non-hydrogen) atoms. The number of aryl methyl sites for hydroxylation is 1. The molecule has 0 amide bonds. The Morgan fingerprint density at radius 3 is 2.95 bits per heavy atom. The normalized spacial score (nSPS) is 30.5. The van der Waals surface area contributed by atoms with Gasteiger partial charge in [0.1, 0.15) is 11.9 Å². The van der Waals surface area contributed by atoms with Crippen LogP contribution in [0.5, 0.6) is 5.75 Å². The molecular formula is C17H24O4. The lowest BCUT2D eigenvalue weighted by atomic mass is 9.91. The number of rotatable bonds is 3. The van der Waals surface area contributed by atoms with Crippen LogP contribution in [0, 0.1) is 6.92 Å². The number of hydrogen-bond donors (Lipinski definition) is 1. The van der Waals surface area contributed by atoms with E-state index in [1.165, 1.54) is 0 Å². The molecule has 0 saturated carbocycles. The fourth-order valence-electron chi connectivity index (χ4n) is 3.23. The van der Waals surface area contributed by atoms with Crippen molar-refractivity contribution in [2.45, 2.75) is 50.9 Å². The molecule has 3 rings (SSSR count). The number of benzene rings is 1. The molecule has 4 heteroatoms. The molecule has 2 aliphatic rings. The number of hydrogen-bond acceptors (Lipinski definition) is 4. The molecule has 4 nitrogen and oxygen atoms in total. The van der Waals surface area contributed by atoms with E-state index in [9.17, 15) is 5.11 Å². The summed E-state index contributed by atoms with van der Waals surface area (Å²) >= 11 is 0.